The van der Waals surface area contributed by atoms with Crippen molar-refractivity contribution in [3.8, 4) is 5.75 Å². The van der Waals surface area contributed by atoms with Crippen LogP contribution in [0.4, 0.5) is 0 Å². The van der Waals surface area contributed by atoms with Gasteiger partial charge < -0.3 is 14.0 Å². The average Bonchev–Trinajstić information content (AvgIpc) is 3.08. The average molecular weight is 387 g/mol. The molecule has 0 radical (unpaired) electrons. The summed E-state index contributed by atoms with van der Waals surface area (Å²) in [5, 5.41) is 6.12. The van der Waals surface area contributed by atoms with E-state index >= 15 is 0 Å². The highest BCUT2D eigenvalue weighted by Gasteiger charge is 2.12. The van der Waals surface area contributed by atoms with Crippen LogP contribution < -0.4 is 4.74 Å². The van der Waals surface area contributed by atoms with Crippen molar-refractivity contribution in [1.82, 2.24) is 5.16 Å². The third-order valence-corrected chi connectivity index (χ3v) is 4.87. The van der Waals surface area contributed by atoms with Gasteiger partial charge in [-0.1, -0.05) is 53.7 Å². The first-order chi connectivity index (χ1) is 14.1. The SMILES string of the molecule is Cc1noc(C)c1COc1cccc(C(=O)OCc2cccc3ccccc23)c1. The Morgan fingerprint density at radius 2 is 1.76 bits per heavy atom. The van der Waals surface area contributed by atoms with Gasteiger partial charge in [-0.3, -0.25) is 0 Å². The molecule has 0 atom stereocenters. The van der Waals surface area contributed by atoms with Gasteiger partial charge in [0.15, 0.2) is 0 Å². The monoisotopic (exact) mass is 387 g/mol. The summed E-state index contributed by atoms with van der Waals surface area (Å²) in [7, 11) is 0. The van der Waals surface area contributed by atoms with Crippen LogP contribution in [0.3, 0.4) is 0 Å². The molecule has 1 heterocycles. The maximum absolute atomic E-state index is 12.5. The third kappa shape index (κ3) is 4.14. The molecule has 0 aliphatic carbocycles. The van der Waals surface area contributed by atoms with E-state index in [1.807, 2.05) is 56.3 Å². The number of nitrogens with zero attached hydrogens (tertiary/aromatic N) is 1. The fraction of sp³-hybridized carbons (Fsp3) is 0.167. The van der Waals surface area contributed by atoms with E-state index in [4.69, 9.17) is 14.0 Å². The van der Waals surface area contributed by atoms with Crippen LogP contribution in [0, 0.1) is 13.8 Å². The standard InChI is InChI=1S/C24H21NO4/c1-16-23(17(2)29-25-16)15-27-21-11-6-9-19(13-21)24(26)28-14-20-10-5-8-18-7-3-4-12-22(18)20/h3-13H,14-15H2,1-2H3. The lowest BCUT2D eigenvalue weighted by Gasteiger charge is -2.10. The number of ether oxygens (including phenoxy) is 2. The smallest absolute Gasteiger partial charge is 0.338 e. The molecule has 146 valence electrons. The van der Waals surface area contributed by atoms with Crippen molar-refractivity contribution in [1.29, 1.82) is 0 Å². The second kappa shape index (κ2) is 8.19. The fourth-order valence-electron chi connectivity index (χ4n) is 3.22. The number of aryl methyl sites for hydroxylation is 2. The fourth-order valence-corrected chi connectivity index (χ4v) is 3.22. The van der Waals surface area contributed by atoms with E-state index in [1.54, 1.807) is 24.3 Å². The molecule has 0 saturated heterocycles. The second-order valence-corrected chi connectivity index (χ2v) is 6.83. The molecule has 29 heavy (non-hydrogen) atoms. The van der Waals surface area contributed by atoms with Gasteiger partial charge in [0.05, 0.1) is 16.8 Å². The van der Waals surface area contributed by atoms with Gasteiger partial charge in [0.1, 0.15) is 24.7 Å². The predicted octanol–water partition coefficient (Wildman–Crippen LogP) is 5.38. The first-order valence-electron chi connectivity index (χ1n) is 9.40. The van der Waals surface area contributed by atoms with Crippen molar-refractivity contribution in [3.05, 3.63) is 94.9 Å². The Bertz CT molecular complexity index is 1140. The topological polar surface area (TPSA) is 61.6 Å². The van der Waals surface area contributed by atoms with E-state index in [2.05, 4.69) is 5.16 Å². The first-order valence-corrected chi connectivity index (χ1v) is 9.40. The van der Waals surface area contributed by atoms with Gasteiger partial charge in [-0.2, -0.15) is 0 Å². The summed E-state index contributed by atoms with van der Waals surface area (Å²) in [6.07, 6.45) is 0. The van der Waals surface area contributed by atoms with Crippen molar-refractivity contribution in [3.63, 3.8) is 0 Å². The van der Waals surface area contributed by atoms with Crippen molar-refractivity contribution in [2.24, 2.45) is 0 Å². The van der Waals surface area contributed by atoms with Crippen molar-refractivity contribution in [2.45, 2.75) is 27.1 Å². The highest BCUT2D eigenvalue weighted by Crippen LogP contribution is 2.21. The summed E-state index contributed by atoms with van der Waals surface area (Å²) in [6, 6.07) is 21.0. The van der Waals surface area contributed by atoms with Gasteiger partial charge in [0.2, 0.25) is 0 Å². The Morgan fingerprint density at radius 3 is 2.59 bits per heavy atom. The van der Waals surface area contributed by atoms with Crippen molar-refractivity contribution >= 4 is 16.7 Å². The van der Waals surface area contributed by atoms with Gasteiger partial charge in [-0.15, -0.1) is 0 Å². The summed E-state index contributed by atoms with van der Waals surface area (Å²) in [5.41, 5.74) is 3.13. The van der Waals surface area contributed by atoms with Crippen LogP contribution in [0.2, 0.25) is 0 Å². The van der Waals surface area contributed by atoms with Gasteiger partial charge in [-0.25, -0.2) is 4.79 Å². The van der Waals surface area contributed by atoms with Crippen molar-refractivity contribution < 1.29 is 18.8 Å². The number of benzene rings is 3. The molecule has 4 aromatic rings. The quantitative estimate of drug-likeness (QED) is 0.416. The summed E-state index contributed by atoms with van der Waals surface area (Å²) >= 11 is 0. The molecule has 5 nitrogen and oxygen atoms in total. The normalized spacial score (nSPS) is 10.8. The minimum Gasteiger partial charge on any atom is -0.489 e. The minimum absolute atomic E-state index is 0.213. The summed E-state index contributed by atoms with van der Waals surface area (Å²) < 4.78 is 16.5. The van der Waals surface area contributed by atoms with E-state index in [1.165, 1.54) is 0 Å². The molecule has 0 aliphatic heterocycles. The highest BCUT2D eigenvalue weighted by atomic mass is 16.5. The lowest BCUT2D eigenvalue weighted by atomic mass is 10.1. The van der Waals surface area contributed by atoms with E-state index in [0.717, 1.165) is 33.4 Å². The second-order valence-electron chi connectivity index (χ2n) is 6.83. The minimum atomic E-state index is -0.388. The summed E-state index contributed by atoms with van der Waals surface area (Å²) in [6.45, 7) is 4.26. The lowest BCUT2D eigenvalue weighted by Crippen LogP contribution is -2.06. The molecule has 0 bridgehead atoms. The lowest BCUT2D eigenvalue weighted by molar-refractivity contribution is 0.0474. The molecule has 0 saturated carbocycles. The number of carbonyl (C=O) groups excluding carboxylic acids is 1. The van der Waals surface area contributed by atoms with E-state index in [0.29, 0.717) is 17.9 Å². The number of esters is 1. The van der Waals surface area contributed by atoms with Gasteiger partial charge >= 0.3 is 5.97 Å². The predicted molar refractivity (Wildman–Crippen MR) is 110 cm³/mol. The highest BCUT2D eigenvalue weighted by molar-refractivity contribution is 5.90. The van der Waals surface area contributed by atoms with Crippen LogP contribution in [0.25, 0.3) is 10.8 Å². The van der Waals surface area contributed by atoms with Crippen molar-refractivity contribution in [2.75, 3.05) is 0 Å². The molecule has 5 heteroatoms. The van der Waals surface area contributed by atoms with E-state index in [-0.39, 0.29) is 12.6 Å². The van der Waals surface area contributed by atoms with Crippen LogP contribution >= 0.6 is 0 Å². The van der Waals surface area contributed by atoms with Crippen LogP contribution in [0.5, 0.6) is 5.75 Å². The van der Waals surface area contributed by atoms with Crippen LogP contribution in [0.1, 0.15) is 32.9 Å². The van der Waals surface area contributed by atoms with E-state index in [9.17, 15) is 4.79 Å². The van der Waals surface area contributed by atoms with Crippen LogP contribution in [-0.2, 0) is 18.0 Å². The zero-order valence-corrected chi connectivity index (χ0v) is 16.3. The number of hydrogen-bond acceptors (Lipinski definition) is 5. The molecule has 0 amide bonds. The maximum atomic E-state index is 12.5. The molecule has 0 spiro atoms. The van der Waals surface area contributed by atoms with Gasteiger partial charge in [-0.05, 0) is 48.4 Å². The molecule has 0 unspecified atom stereocenters. The Balaban J connectivity index is 1.43. The Kier molecular flexibility index (Phi) is 5.29. The molecule has 1 aromatic heterocycles. The number of aromatic nitrogens is 1. The molecule has 3 aromatic carbocycles. The Hall–Kier alpha value is -3.60. The zero-order chi connectivity index (χ0) is 20.2. The summed E-state index contributed by atoms with van der Waals surface area (Å²) in [4.78, 5) is 12.5. The number of fused-ring (bicyclic) bond motifs is 1. The number of rotatable bonds is 6. The number of hydrogen-bond donors (Lipinski definition) is 0. The van der Waals surface area contributed by atoms with Crippen LogP contribution in [0.15, 0.2) is 71.3 Å². The molecular formula is C24H21NO4. The Morgan fingerprint density at radius 1 is 0.966 bits per heavy atom. The summed E-state index contributed by atoms with van der Waals surface area (Å²) in [5.74, 6) is 0.929. The largest absolute Gasteiger partial charge is 0.489 e. The first kappa shape index (κ1) is 18.7. The third-order valence-electron chi connectivity index (χ3n) is 4.87. The Labute approximate surface area is 168 Å². The van der Waals surface area contributed by atoms with Gasteiger partial charge in [0.25, 0.3) is 0 Å². The van der Waals surface area contributed by atoms with E-state index < -0.39 is 0 Å². The molecule has 0 aliphatic rings. The molecule has 0 fully saturated rings. The zero-order valence-electron chi connectivity index (χ0n) is 16.3. The number of carbonyl (C=O) groups is 1. The molecular weight excluding hydrogens is 366 g/mol. The molecule has 4 rings (SSSR count). The maximum Gasteiger partial charge on any atom is 0.338 e. The van der Waals surface area contributed by atoms with Gasteiger partial charge in [0, 0.05) is 0 Å². The van der Waals surface area contributed by atoms with Crippen LogP contribution in [-0.4, -0.2) is 11.1 Å². The molecule has 0 N–H and O–H groups in total.